The van der Waals surface area contributed by atoms with Crippen molar-refractivity contribution in [1.29, 1.82) is 0 Å². The van der Waals surface area contributed by atoms with E-state index in [1.54, 1.807) is 11.8 Å². The molecule has 1 atom stereocenters. The first kappa shape index (κ1) is 27.5. The summed E-state index contributed by atoms with van der Waals surface area (Å²) in [7, 11) is 0. The molecular weight excluding hydrogens is 460 g/mol. The van der Waals surface area contributed by atoms with E-state index < -0.39 is 5.82 Å². The number of halogens is 2. The predicted octanol–water partition coefficient (Wildman–Crippen LogP) is 5.39. The second-order valence-electron chi connectivity index (χ2n) is 8.84. The number of morpholine rings is 1. The van der Waals surface area contributed by atoms with Gasteiger partial charge in [-0.15, -0.1) is 0 Å². The molecule has 0 radical (unpaired) electrons. The summed E-state index contributed by atoms with van der Waals surface area (Å²) in [4.78, 5) is 16.8. The van der Waals surface area contributed by atoms with Crippen LogP contribution in [0.4, 0.5) is 8.78 Å². The second-order valence-corrected chi connectivity index (χ2v) is 8.84. The van der Waals surface area contributed by atoms with Crippen molar-refractivity contribution in [1.82, 2.24) is 14.7 Å². The van der Waals surface area contributed by atoms with Crippen LogP contribution in [0, 0.1) is 23.5 Å². The van der Waals surface area contributed by atoms with Gasteiger partial charge in [-0.05, 0) is 57.0 Å². The maximum absolute atomic E-state index is 14.3. The van der Waals surface area contributed by atoms with Gasteiger partial charge < -0.3 is 19.4 Å². The molecule has 194 valence electrons. The molecule has 1 aromatic rings. The monoisotopic (exact) mass is 497 g/mol. The van der Waals surface area contributed by atoms with Crippen molar-refractivity contribution < 1.29 is 18.3 Å². The minimum absolute atomic E-state index is 0.145. The van der Waals surface area contributed by atoms with Crippen molar-refractivity contribution in [3.8, 4) is 11.8 Å². The first-order valence-corrected chi connectivity index (χ1v) is 12.8. The summed E-state index contributed by atoms with van der Waals surface area (Å²) in [5.74, 6) is 5.73. The fourth-order valence-corrected chi connectivity index (χ4v) is 4.57. The van der Waals surface area contributed by atoms with Crippen LogP contribution in [0.2, 0.25) is 0 Å². The molecule has 1 spiro atoms. The van der Waals surface area contributed by atoms with Crippen LogP contribution in [-0.4, -0.2) is 59.0 Å². The van der Waals surface area contributed by atoms with E-state index in [9.17, 15) is 13.6 Å². The smallest absolute Gasteiger partial charge is 0.219 e. The van der Waals surface area contributed by atoms with E-state index in [2.05, 4.69) is 33.9 Å². The Labute approximate surface area is 214 Å². The maximum Gasteiger partial charge on any atom is 0.219 e. The third-order valence-electron chi connectivity index (χ3n) is 6.67. The number of hydrogen-bond acceptors (Lipinski definition) is 4. The van der Waals surface area contributed by atoms with Gasteiger partial charge in [-0.2, -0.15) is 0 Å². The van der Waals surface area contributed by atoms with Crippen molar-refractivity contribution in [3.05, 3.63) is 71.2 Å². The molecule has 2 fully saturated rings. The Morgan fingerprint density at radius 2 is 1.83 bits per heavy atom. The Bertz CT molecular complexity index is 1090. The SMILES string of the molecule is C/C=C(/C)N1C=C(N2CCCC2c2cc(F)ccc2F)C=CC12C#C2.CC.CC(=O)N1CCOCC1. The van der Waals surface area contributed by atoms with Gasteiger partial charge in [0.15, 0.2) is 5.54 Å². The minimum Gasteiger partial charge on any atom is -0.378 e. The molecule has 0 aromatic heterocycles. The van der Waals surface area contributed by atoms with Crippen LogP contribution in [0.25, 0.3) is 0 Å². The van der Waals surface area contributed by atoms with E-state index in [4.69, 9.17) is 4.74 Å². The van der Waals surface area contributed by atoms with Crippen LogP contribution in [0.3, 0.4) is 0 Å². The molecule has 5 nitrogen and oxygen atoms in total. The minimum atomic E-state index is -0.395. The van der Waals surface area contributed by atoms with Gasteiger partial charge in [0.25, 0.3) is 0 Å². The van der Waals surface area contributed by atoms with Crippen molar-refractivity contribution in [2.75, 3.05) is 32.8 Å². The first-order valence-electron chi connectivity index (χ1n) is 12.8. The number of carbonyl (C=O) groups is 1. The zero-order valence-corrected chi connectivity index (χ0v) is 22.0. The zero-order valence-electron chi connectivity index (χ0n) is 22.0. The van der Waals surface area contributed by atoms with E-state index in [1.165, 1.54) is 18.2 Å². The summed E-state index contributed by atoms with van der Waals surface area (Å²) in [6, 6.07) is 3.57. The summed E-state index contributed by atoms with van der Waals surface area (Å²) in [6.07, 6.45) is 9.99. The third-order valence-corrected chi connectivity index (χ3v) is 6.67. The molecule has 0 bridgehead atoms. The van der Waals surface area contributed by atoms with Crippen LogP contribution < -0.4 is 0 Å². The van der Waals surface area contributed by atoms with Gasteiger partial charge in [0.2, 0.25) is 5.91 Å². The summed E-state index contributed by atoms with van der Waals surface area (Å²) >= 11 is 0. The highest BCUT2D eigenvalue weighted by molar-refractivity contribution is 5.73. The molecule has 0 saturated carbocycles. The highest BCUT2D eigenvalue weighted by atomic mass is 19.1. The summed E-state index contributed by atoms with van der Waals surface area (Å²) in [5.41, 5.74) is 2.18. The van der Waals surface area contributed by atoms with Gasteiger partial charge in [0, 0.05) is 44.0 Å². The first-order chi connectivity index (χ1) is 17.3. The number of rotatable bonds is 3. The van der Waals surface area contributed by atoms with Crippen LogP contribution in [0.1, 0.15) is 59.1 Å². The number of benzene rings is 1. The standard InChI is InChI=1S/C21H20F2N2.C6H11NO2.C2H6/c1-3-15(2)25-14-17(8-9-21(25)10-11-21)24-12-4-5-20(24)18-13-16(22)6-7-19(18)23;1-6(8)7-2-4-9-5-3-7;1-2/h3,6-9,13-14,20H,4-5,12H2,1-2H3;2-5H2,1H3;1-2H3/b15-3-;;. The van der Waals surface area contributed by atoms with Crippen LogP contribution in [-0.2, 0) is 9.53 Å². The quantitative estimate of drug-likeness (QED) is 0.525. The van der Waals surface area contributed by atoms with Crippen LogP contribution in [0.5, 0.6) is 0 Å². The Hall–Kier alpha value is -3.11. The Kier molecular flexibility index (Phi) is 9.33. The highest BCUT2D eigenvalue weighted by Gasteiger charge is 2.41. The summed E-state index contributed by atoms with van der Waals surface area (Å²) < 4.78 is 33.0. The fraction of sp³-hybridized carbons (Fsp3) is 0.483. The molecule has 3 heterocycles. The van der Waals surface area contributed by atoms with Crippen molar-refractivity contribution in [3.63, 3.8) is 0 Å². The molecule has 2 saturated heterocycles. The number of ether oxygens (including phenoxy) is 1. The molecular formula is C29H37F2N3O2. The van der Waals surface area contributed by atoms with Crippen molar-refractivity contribution in [2.24, 2.45) is 0 Å². The number of carbonyl (C=O) groups excluding carboxylic acids is 1. The van der Waals surface area contributed by atoms with E-state index in [0.29, 0.717) is 18.8 Å². The highest BCUT2D eigenvalue weighted by Crippen LogP contribution is 2.40. The molecule has 1 unspecified atom stereocenters. The maximum atomic E-state index is 14.3. The average molecular weight is 498 g/mol. The molecule has 3 aliphatic heterocycles. The normalized spacial score (nSPS) is 21.5. The van der Waals surface area contributed by atoms with E-state index in [-0.39, 0.29) is 23.3 Å². The second kappa shape index (κ2) is 12.2. The van der Waals surface area contributed by atoms with Crippen molar-refractivity contribution in [2.45, 2.75) is 59.0 Å². The van der Waals surface area contributed by atoms with Gasteiger partial charge >= 0.3 is 0 Å². The number of hydrogen-bond donors (Lipinski definition) is 0. The number of likely N-dealkylation sites (tertiary alicyclic amines) is 1. The Morgan fingerprint density at radius 3 is 2.42 bits per heavy atom. The largest absolute Gasteiger partial charge is 0.378 e. The van der Waals surface area contributed by atoms with Crippen molar-refractivity contribution >= 4 is 5.91 Å². The lowest BCUT2D eigenvalue weighted by Gasteiger charge is -2.36. The molecule has 0 N–H and O–H groups in total. The molecule has 1 aromatic carbocycles. The van der Waals surface area contributed by atoms with Gasteiger partial charge in [-0.25, -0.2) is 8.78 Å². The van der Waals surface area contributed by atoms with E-state index in [1.807, 2.05) is 39.8 Å². The Morgan fingerprint density at radius 1 is 1.14 bits per heavy atom. The van der Waals surface area contributed by atoms with E-state index >= 15 is 0 Å². The van der Waals surface area contributed by atoms with Gasteiger partial charge in [0.05, 0.1) is 25.0 Å². The lowest BCUT2D eigenvalue weighted by atomic mass is 10.0. The molecule has 36 heavy (non-hydrogen) atoms. The van der Waals surface area contributed by atoms with Crippen LogP contribution in [0.15, 0.2) is 54.0 Å². The molecule has 5 rings (SSSR count). The predicted molar refractivity (Wildman–Crippen MR) is 138 cm³/mol. The van der Waals surface area contributed by atoms with Gasteiger partial charge in [0.1, 0.15) is 11.6 Å². The average Bonchev–Trinajstić information content (AvgIpc) is 3.50. The number of nitrogens with zero attached hydrogens (tertiary/aromatic N) is 3. The summed E-state index contributed by atoms with van der Waals surface area (Å²) in [5, 5.41) is 0. The number of allylic oxidation sites excluding steroid dienone is 3. The lowest BCUT2D eigenvalue weighted by Crippen LogP contribution is -2.39. The molecule has 1 amide bonds. The van der Waals surface area contributed by atoms with Crippen LogP contribution >= 0.6 is 0 Å². The lowest BCUT2D eigenvalue weighted by molar-refractivity contribution is -0.132. The molecule has 4 aliphatic rings. The molecule has 1 aliphatic carbocycles. The fourth-order valence-electron chi connectivity index (χ4n) is 4.57. The third kappa shape index (κ3) is 6.17. The number of amides is 1. The van der Waals surface area contributed by atoms with Gasteiger partial charge in [-0.1, -0.05) is 31.8 Å². The van der Waals surface area contributed by atoms with Gasteiger partial charge in [-0.3, -0.25) is 4.79 Å². The van der Waals surface area contributed by atoms with E-state index in [0.717, 1.165) is 43.9 Å². The molecule has 7 heteroatoms. The summed E-state index contributed by atoms with van der Waals surface area (Å²) in [6.45, 7) is 13.4. The Balaban J connectivity index is 0.000000276. The zero-order chi connectivity index (χ0) is 26.3. The topological polar surface area (TPSA) is 36.0 Å².